The number of nitrogens with one attached hydrogen (secondary N) is 1. The smallest absolute Gasteiger partial charge is 0.326 e. The number of hydrogen-bond acceptors (Lipinski definition) is 4. The maximum atomic E-state index is 13.6. The highest BCUT2D eigenvalue weighted by Crippen LogP contribution is 2.41. The van der Waals surface area contributed by atoms with Gasteiger partial charge < -0.3 is 14.6 Å². The molecule has 2 unspecified atom stereocenters. The van der Waals surface area contributed by atoms with Gasteiger partial charge in [0, 0.05) is 49.5 Å². The van der Waals surface area contributed by atoms with Gasteiger partial charge in [0.05, 0.1) is 18.5 Å². The van der Waals surface area contributed by atoms with Crippen molar-refractivity contribution in [3.63, 3.8) is 0 Å². The number of para-hydroxylation sites is 1. The topological polar surface area (TPSA) is 52.0 Å². The quantitative estimate of drug-likeness (QED) is 0.739. The molecule has 3 aliphatic heterocycles. The second kappa shape index (κ2) is 7.54. The number of nitrogens with zero attached hydrogens (tertiary/aromatic N) is 3. The van der Waals surface area contributed by atoms with E-state index in [1.807, 2.05) is 52.3 Å². The van der Waals surface area contributed by atoms with Gasteiger partial charge in [-0.25, -0.2) is 4.79 Å². The highest BCUT2D eigenvalue weighted by Gasteiger charge is 2.44. The highest BCUT2D eigenvalue weighted by molar-refractivity contribution is 5.96. The van der Waals surface area contributed by atoms with E-state index in [0.717, 1.165) is 48.8 Å². The summed E-state index contributed by atoms with van der Waals surface area (Å²) in [5.41, 5.74) is 3.05. The predicted molar refractivity (Wildman–Crippen MR) is 113 cm³/mol. The molecular formula is C23H26N4O2. The average Bonchev–Trinajstić information content (AvgIpc) is 3.35. The first-order valence-corrected chi connectivity index (χ1v) is 10.3. The lowest BCUT2D eigenvalue weighted by molar-refractivity contribution is 0.0797. The van der Waals surface area contributed by atoms with Gasteiger partial charge in [-0.1, -0.05) is 30.3 Å². The zero-order valence-electron chi connectivity index (χ0n) is 16.6. The van der Waals surface area contributed by atoms with Crippen molar-refractivity contribution in [2.75, 3.05) is 37.6 Å². The Morgan fingerprint density at radius 3 is 2.62 bits per heavy atom. The van der Waals surface area contributed by atoms with Crippen LogP contribution in [0.1, 0.15) is 18.5 Å². The molecule has 1 aromatic carbocycles. The molecular weight excluding hydrogens is 364 g/mol. The third-order valence-electron chi connectivity index (χ3n) is 6.16. The van der Waals surface area contributed by atoms with Crippen molar-refractivity contribution in [1.29, 1.82) is 0 Å². The van der Waals surface area contributed by atoms with Crippen molar-refractivity contribution in [1.82, 2.24) is 15.1 Å². The first kappa shape index (κ1) is 18.2. The average molecular weight is 390 g/mol. The fourth-order valence-corrected chi connectivity index (χ4v) is 4.58. The third-order valence-corrected chi connectivity index (χ3v) is 6.16. The summed E-state index contributed by atoms with van der Waals surface area (Å²) in [6.45, 7) is 6.62. The lowest BCUT2D eigenvalue weighted by Gasteiger charge is -2.37. The normalized spacial score (nSPS) is 21.8. The van der Waals surface area contributed by atoms with Crippen LogP contribution >= 0.6 is 0 Å². The van der Waals surface area contributed by atoms with E-state index >= 15 is 0 Å². The molecule has 6 heteroatoms. The van der Waals surface area contributed by atoms with Gasteiger partial charge in [-0.2, -0.15) is 0 Å². The molecule has 150 valence electrons. The Labute approximate surface area is 171 Å². The van der Waals surface area contributed by atoms with Gasteiger partial charge in [-0.05, 0) is 31.2 Å². The monoisotopic (exact) mass is 390 g/mol. The Hall–Kier alpha value is -2.83. The zero-order chi connectivity index (χ0) is 19.8. The molecule has 0 saturated carbocycles. The van der Waals surface area contributed by atoms with Crippen LogP contribution in [0.25, 0.3) is 11.3 Å². The Morgan fingerprint density at radius 1 is 1.03 bits per heavy atom. The van der Waals surface area contributed by atoms with Gasteiger partial charge in [-0.3, -0.25) is 9.80 Å². The van der Waals surface area contributed by atoms with Crippen LogP contribution in [0.2, 0.25) is 0 Å². The van der Waals surface area contributed by atoms with Crippen molar-refractivity contribution in [3.05, 3.63) is 66.4 Å². The van der Waals surface area contributed by atoms with Crippen molar-refractivity contribution in [2.24, 2.45) is 0 Å². The van der Waals surface area contributed by atoms with E-state index in [1.54, 1.807) is 6.26 Å². The van der Waals surface area contributed by atoms with Crippen LogP contribution in [0.15, 0.2) is 65.3 Å². The van der Waals surface area contributed by atoms with Gasteiger partial charge >= 0.3 is 6.03 Å². The number of carbonyl (C=O) groups excluding carboxylic acids is 1. The van der Waals surface area contributed by atoms with Crippen molar-refractivity contribution < 1.29 is 9.21 Å². The van der Waals surface area contributed by atoms with Gasteiger partial charge in [-0.15, -0.1) is 0 Å². The van der Waals surface area contributed by atoms with E-state index in [1.165, 1.54) is 0 Å². The molecule has 2 amide bonds. The Bertz CT molecular complexity index is 950. The molecule has 0 aromatic heterocycles. The number of benzene rings is 1. The first-order valence-electron chi connectivity index (χ1n) is 10.3. The molecule has 4 aliphatic rings. The summed E-state index contributed by atoms with van der Waals surface area (Å²) in [6, 6.07) is 18.0. The molecule has 2 saturated heterocycles. The van der Waals surface area contributed by atoms with Crippen molar-refractivity contribution >= 4 is 11.7 Å². The maximum absolute atomic E-state index is 13.6. The van der Waals surface area contributed by atoms with Crippen LogP contribution in [0.3, 0.4) is 0 Å². The Morgan fingerprint density at radius 2 is 1.83 bits per heavy atom. The lowest BCUT2D eigenvalue weighted by Crippen LogP contribution is -2.54. The number of piperazine rings is 1. The largest absolute Gasteiger partial charge is 0.464 e. The second-order valence-corrected chi connectivity index (χ2v) is 7.76. The Kier molecular flexibility index (Phi) is 4.73. The van der Waals surface area contributed by atoms with Crippen LogP contribution in [-0.2, 0) is 0 Å². The molecule has 1 N–H and O–H groups in total. The molecule has 2 fully saturated rings. The molecule has 1 aliphatic carbocycles. The summed E-state index contributed by atoms with van der Waals surface area (Å²) in [5.74, 6) is 0.864. The SMILES string of the molecule is CC(N1CCNCC1)N1CC(c2ccc3cccoc2-3)N(c2ccccc2)C1=O. The van der Waals surface area contributed by atoms with Crippen LogP contribution in [0, 0.1) is 0 Å². The molecule has 6 nitrogen and oxygen atoms in total. The molecule has 0 spiro atoms. The summed E-state index contributed by atoms with van der Waals surface area (Å²) in [5, 5.41) is 3.39. The van der Waals surface area contributed by atoms with Crippen molar-refractivity contribution in [2.45, 2.75) is 19.1 Å². The number of fused-ring (bicyclic) bond motifs is 1. The minimum atomic E-state index is -0.0843. The first-order chi connectivity index (χ1) is 14.2. The fourth-order valence-electron chi connectivity index (χ4n) is 4.58. The summed E-state index contributed by atoms with van der Waals surface area (Å²) in [7, 11) is 0. The minimum Gasteiger partial charge on any atom is -0.464 e. The van der Waals surface area contributed by atoms with Crippen LogP contribution in [0.4, 0.5) is 10.5 Å². The Balaban J connectivity index is 1.52. The minimum absolute atomic E-state index is 0.0533. The summed E-state index contributed by atoms with van der Waals surface area (Å²) in [6.07, 6.45) is 1.76. The molecule has 2 atom stereocenters. The molecule has 3 heterocycles. The highest BCUT2D eigenvalue weighted by atomic mass is 16.3. The number of amides is 2. The van der Waals surface area contributed by atoms with Gasteiger partial charge in [0.15, 0.2) is 0 Å². The number of carbonyl (C=O) groups is 1. The van der Waals surface area contributed by atoms with E-state index in [0.29, 0.717) is 6.54 Å². The van der Waals surface area contributed by atoms with E-state index in [-0.39, 0.29) is 18.2 Å². The van der Waals surface area contributed by atoms with E-state index < -0.39 is 0 Å². The van der Waals surface area contributed by atoms with Crippen LogP contribution in [0.5, 0.6) is 0 Å². The van der Waals surface area contributed by atoms with Crippen LogP contribution in [-0.4, -0.2) is 54.7 Å². The van der Waals surface area contributed by atoms with E-state index in [2.05, 4.69) is 29.3 Å². The molecule has 0 radical (unpaired) electrons. The third kappa shape index (κ3) is 3.18. The van der Waals surface area contributed by atoms with E-state index in [4.69, 9.17) is 4.42 Å². The van der Waals surface area contributed by atoms with Crippen LogP contribution < -0.4 is 10.2 Å². The number of rotatable bonds is 4. The predicted octanol–water partition coefficient (Wildman–Crippen LogP) is 3.62. The maximum Gasteiger partial charge on any atom is 0.326 e. The summed E-state index contributed by atoms with van der Waals surface area (Å²) in [4.78, 5) is 19.9. The molecule has 0 bridgehead atoms. The van der Waals surface area contributed by atoms with Gasteiger partial charge in [0.25, 0.3) is 0 Å². The van der Waals surface area contributed by atoms with Crippen molar-refractivity contribution in [3.8, 4) is 11.3 Å². The molecule has 29 heavy (non-hydrogen) atoms. The number of hydrogen-bond donors (Lipinski definition) is 1. The van der Waals surface area contributed by atoms with E-state index in [9.17, 15) is 4.79 Å². The zero-order valence-corrected chi connectivity index (χ0v) is 16.6. The standard InChI is InChI=1S/C23H26N4O2/c1-17(25-13-11-24-12-14-25)26-16-21(20-10-9-18-6-5-15-29-22(18)20)27(23(26)28)19-7-3-2-4-8-19/h2-10,15,17,21,24H,11-14,16H2,1H3. The second-order valence-electron chi connectivity index (χ2n) is 7.76. The van der Waals surface area contributed by atoms with Gasteiger partial charge in [0.2, 0.25) is 0 Å². The summed E-state index contributed by atoms with van der Waals surface area (Å²) >= 11 is 0. The number of anilines is 1. The fraction of sp³-hybridized carbons (Fsp3) is 0.348. The summed E-state index contributed by atoms with van der Waals surface area (Å²) < 4.78 is 5.85. The van der Waals surface area contributed by atoms with Gasteiger partial charge in [0.1, 0.15) is 5.76 Å². The lowest BCUT2D eigenvalue weighted by atomic mass is 10.1. The molecule has 1 aromatic rings. The number of urea groups is 1. The molecule has 5 rings (SSSR count).